The summed E-state index contributed by atoms with van der Waals surface area (Å²) in [5.41, 5.74) is 2.22. The van der Waals surface area contributed by atoms with E-state index in [1.807, 2.05) is 12.1 Å². The maximum Gasteiger partial charge on any atom is 0.255 e. The Morgan fingerprint density at radius 1 is 1.11 bits per heavy atom. The van der Waals surface area contributed by atoms with E-state index in [0.29, 0.717) is 44.2 Å². The molecule has 198 valence electrons. The Hall–Kier alpha value is -3.26. The Bertz CT molecular complexity index is 1060. The predicted molar refractivity (Wildman–Crippen MR) is 136 cm³/mol. The maximum absolute atomic E-state index is 12.9. The molecule has 1 unspecified atom stereocenters. The maximum atomic E-state index is 12.9. The third-order valence-electron chi connectivity index (χ3n) is 7.10. The van der Waals surface area contributed by atoms with Gasteiger partial charge in [-0.25, -0.2) is 0 Å². The molecule has 0 spiro atoms. The summed E-state index contributed by atoms with van der Waals surface area (Å²) in [4.78, 5) is 51.0. The lowest BCUT2D eigenvalue weighted by atomic mass is 10.0. The topological polar surface area (TPSA) is 120 Å². The van der Waals surface area contributed by atoms with E-state index in [4.69, 9.17) is 4.74 Å². The highest BCUT2D eigenvalue weighted by Crippen LogP contribution is 2.29. The molecular formula is C27H35N5O5. The molecule has 0 bridgehead atoms. The van der Waals surface area contributed by atoms with Crippen molar-refractivity contribution in [2.75, 3.05) is 45.9 Å². The van der Waals surface area contributed by atoms with Gasteiger partial charge in [-0.3, -0.25) is 24.5 Å². The molecule has 0 saturated carbocycles. The van der Waals surface area contributed by atoms with Gasteiger partial charge in [0.1, 0.15) is 6.04 Å². The molecule has 0 aromatic heterocycles. The number of ether oxygens (including phenoxy) is 1. The first kappa shape index (κ1) is 26.8. The number of likely N-dealkylation sites (tertiary alicyclic amines) is 1. The zero-order chi connectivity index (χ0) is 26.0. The molecule has 2 fully saturated rings. The van der Waals surface area contributed by atoms with E-state index in [1.54, 1.807) is 11.0 Å². The average Bonchev–Trinajstić information content (AvgIpc) is 3.23. The number of fused-ring (bicyclic) bond motifs is 1. The molecule has 4 amide bonds. The number of imide groups is 1. The van der Waals surface area contributed by atoms with Crippen molar-refractivity contribution in [3.05, 3.63) is 34.9 Å². The second-order valence-corrected chi connectivity index (χ2v) is 9.55. The van der Waals surface area contributed by atoms with Crippen LogP contribution in [0, 0.1) is 11.8 Å². The van der Waals surface area contributed by atoms with E-state index >= 15 is 0 Å². The number of benzene rings is 1. The van der Waals surface area contributed by atoms with Gasteiger partial charge < -0.3 is 25.2 Å². The van der Waals surface area contributed by atoms with E-state index in [-0.39, 0.29) is 18.2 Å². The Kier molecular flexibility index (Phi) is 9.65. The van der Waals surface area contributed by atoms with Crippen LogP contribution < -0.4 is 16.0 Å². The van der Waals surface area contributed by atoms with Gasteiger partial charge in [0.2, 0.25) is 18.2 Å². The third-order valence-corrected chi connectivity index (χ3v) is 7.10. The molecule has 1 aromatic rings. The van der Waals surface area contributed by atoms with E-state index < -0.39 is 11.9 Å². The standard InChI is InChI=1S/C27H35N5O5/c33-19-29-21-9-13-31(14-10-21)15-17-37-16-12-28-11-2-1-4-20-5-3-6-22-23(20)18-32(27(22)36)24-7-8-25(34)30-26(24)35/h3,5-6,19,21,24,28H,2,7-18H2,(H,29,33)(H,30,34,35). The van der Waals surface area contributed by atoms with Crippen molar-refractivity contribution >= 4 is 24.1 Å². The molecule has 1 aromatic carbocycles. The minimum absolute atomic E-state index is 0.186. The lowest BCUT2D eigenvalue weighted by molar-refractivity contribution is -0.136. The van der Waals surface area contributed by atoms with Crippen LogP contribution in [0.1, 0.15) is 53.6 Å². The first-order valence-corrected chi connectivity index (χ1v) is 13.0. The van der Waals surface area contributed by atoms with Gasteiger partial charge in [-0.15, -0.1) is 0 Å². The van der Waals surface area contributed by atoms with Crippen LogP contribution in [0.15, 0.2) is 18.2 Å². The number of hydrogen-bond donors (Lipinski definition) is 3. The zero-order valence-electron chi connectivity index (χ0n) is 21.1. The molecule has 3 heterocycles. The molecule has 2 saturated heterocycles. The number of nitrogens with zero attached hydrogens (tertiary/aromatic N) is 2. The molecule has 37 heavy (non-hydrogen) atoms. The van der Waals surface area contributed by atoms with Gasteiger partial charge in [0, 0.05) is 69.3 Å². The van der Waals surface area contributed by atoms with Crippen LogP contribution in [0.5, 0.6) is 0 Å². The SMILES string of the molecule is O=CNC1CCN(CCOCCNCCC#Cc2cccc3c2CN(C2CCC(=O)NC2=O)C3=O)CC1. The van der Waals surface area contributed by atoms with Gasteiger partial charge in [0.25, 0.3) is 5.91 Å². The van der Waals surface area contributed by atoms with E-state index in [1.165, 1.54) is 0 Å². The Balaban J connectivity index is 1.12. The van der Waals surface area contributed by atoms with Crippen molar-refractivity contribution in [3.8, 4) is 11.8 Å². The Labute approximate surface area is 217 Å². The third kappa shape index (κ3) is 7.16. The summed E-state index contributed by atoms with van der Waals surface area (Å²) in [6.07, 6.45) is 4.01. The summed E-state index contributed by atoms with van der Waals surface area (Å²) in [5.74, 6) is 5.47. The minimum atomic E-state index is -0.622. The summed E-state index contributed by atoms with van der Waals surface area (Å²) in [6.45, 7) is 6.03. The average molecular weight is 510 g/mol. The highest BCUT2D eigenvalue weighted by Gasteiger charge is 2.39. The molecule has 3 aliphatic heterocycles. The Morgan fingerprint density at radius 3 is 2.73 bits per heavy atom. The summed E-state index contributed by atoms with van der Waals surface area (Å²) < 4.78 is 5.72. The minimum Gasteiger partial charge on any atom is -0.379 e. The monoisotopic (exact) mass is 509 g/mol. The molecule has 0 aliphatic carbocycles. The fraction of sp³-hybridized carbons (Fsp3) is 0.556. The van der Waals surface area contributed by atoms with Crippen LogP contribution in [0.25, 0.3) is 0 Å². The van der Waals surface area contributed by atoms with Gasteiger partial charge in [-0.2, -0.15) is 0 Å². The summed E-state index contributed by atoms with van der Waals surface area (Å²) in [5, 5.41) is 8.51. The predicted octanol–water partition coefficient (Wildman–Crippen LogP) is 0.00580. The molecular weight excluding hydrogens is 474 g/mol. The lowest BCUT2D eigenvalue weighted by Gasteiger charge is -2.31. The van der Waals surface area contributed by atoms with Gasteiger partial charge in [0.05, 0.1) is 13.2 Å². The van der Waals surface area contributed by atoms with E-state index in [0.717, 1.165) is 63.1 Å². The second kappa shape index (κ2) is 13.3. The van der Waals surface area contributed by atoms with Crippen molar-refractivity contribution in [3.63, 3.8) is 0 Å². The quantitative estimate of drug-likeness (QED) is 0.166. The first-order chi connectivity index (χ1) is 18.1. The first-order valence-electron chi connectivity index (χ1n) is 13.0. The number of amides is 4. The molecule has 10 heteroatoms. The number of nitrogens with one attached hydrogen (secondary N) is 3. The summed E-state index contributed by atoms with van der Waals surface area (Å²) in [6, 6.07) is 5.16. The largest absolute Gasteiger partial charge is 0.379 e. The van der Waals surface area contributed by atoms with Crippen molar-refractivity contribution in [2.45, 2.75) is 50.7 Å². The van der Waals surface area contributed by atoms with E-state index in [2.05, 4.69) is 32.7 Å². The summed E-state index contributed by atoms with van der Waals surface area (Å²) >= 11 is 0. The van der Waals surface area contributed by atoms with Crippen LogP contribution in [0.3, 0.4) is 0 Å². The van der Waals surface area contributed by atoms with Crippen LogP contribution in [-0.4, -0.2) is 92.0 Å². The smallest absolute Gasteiger partial charge is 0.255 e. The molecule has 3 N–H and O–H groups in total. The molecule has 4 rings (SSSR count). The van der Waals surface area contributed by atoms with Crippen LogP contribution in [-0.2, 0) is 25.7 Å². The van der Waals surface area contributed by atoms with Crippen LogP contribution in [0.4, 0.5) is 0 Å². The molecule has 0 radical (unpaired) electrons. The molecule has 10 nitrogen and oxygen atoms in total. The number of rotatable bonds is 11. The van der Waals surface area contributed by atoms with E-state index in [9.17, 15) is 19.2 Å². The van der Waals surface area contributed by atoms with Gasteiger partial charge in [-0.05, 0) is 37.0 Å². The zero-order valence-corrected chi connectivity index (χ0v) is 21.1. The van der Waals surface area contributed by atoms with Gasteiger partial charge >= 0.3 is 0 Å². The molecule has 1 atom stereocenters. The van der Waals surface area contributed by atoms with Crippen LogP contribution >= 0.6 is 0 Å². The van der Waals surface area contributed by atoms with Crippen molar-refractivity contribution in [1.82, 2.24) is 25.8 Å². The normalized spacial score (nSPS) is 20.3. The molecule has 3 aliphatic rings. The van der Waals surface area contributed by atoms with Gasteiger partial charge in [-0.1, -0.05) is 17.9 Å². The van der Waals surface area contributed by atoms with Crippen molar-refractivity contribution in [2.24, 2.45) is 0 Å². The van der Waals surface area contributed by atoms with Crippen molar-refractivity contribution < 1.29 is 23.9 Å². The van der Waals surface area contributed by atoms with Gasteiger partial charge in [0.15, 0.2) is 0 Å². The number of carbonyl (C=O) groups is 4. The van der Waals surface area contributed by atoms with Crippen LogP contribution in [0.2, 0.25) is 0 Å². The van der Waals surface area contributed by atoms with Crippen molar-refractivity contribution in [1.29, 1.82) is 0 Å². The Morgan fingerprint density at radius 2 is 1.95 bits per heavy atom. The number of carbonyl (C=O) groups excluding carboxylic acids is 4. The highest BCUT2D eigenvalue weighted by atomic mass is 16.5. The lowest BCUT2D eigenvalue weighted by Crippen LogP contribution is -2.52. The summed E-state index contributed by atoms with van der Waals surface area (Å²) in [7, 11) is 0. The number of piperidine rings is 2. The fourth-order valence-corrected chi connectivity index (χ4v) is 5.00. The fourth-order valence-electron chi connectivity index (χ4n) is 5.00. The highest BCUT2D eigenvalue weighted by molar-refractivity contribution is 6.05. The second-order valence-electron chi connectivity index (χ2n) is 9.55. The number of hydrogen-bond acceptors (Lipinski definition) is 7.